The lowest BCUT2D eigenvalue weighted by Gasteiger charge is -2.15. The molecule has 0 bridgehead atoms. The van der Waals surface area contributed by atoms with Crippen LogP contribution in [0.4, 0.5) is 11.5 Å². The zero-order valence-corrected chi connectivity index (χ0v) is 9.43. The zero-order valence-electron chi connectivity index (χ0n) is 9.43. The first-order valence-electron chi connectivity index (χ1n) is 5.17. The van der Waals surface area contributed by atoms with E-state index < -0.39 is 4.92 Å². The highest BCUT2D eigenvalue weighted by Gasteiger charge is 2.17. The first-order valence-corrected chi connectivity index (χ1v) is 5.17. The number of nitrogens with zero attached hydrogens (tertiary/aromatic N) is 2. The van der Waals surface area contributed by atoms with E-state index in [2.05, 4.69) is 10.3 Å². The Morgan fingerprint density at radius 1 is 1.62 bits per heavy atom. The third-order valence-electron chi connectivity index (χ3n) is 2.33. The Morgan fingerprint density at radius 3 is 2.81 bits per heavy atom. The van der Waals surface area contributed by atoms with E-state index in [4.69, 9.17) is 5.73 Å². The molecule has 1 unspecified atom stereocenters. The van der Waals surface area contributed by atoms with Gasteiger partial charge in [-0.1, -0.05) is 6.92 Å². The van der Waals surface area contributed by atoms with Crippen LogP contribution >= 0.6 is 0 Å². The molecule has 0 radical (unpaired) electrons. The number of rotatable bonds is 5. The Balaban J connectivity index is 3.00. The topological polar surface area (TPSA) is 94.1 Å². The quantitative estimate of drug-likeness (QED) is 0.583. The summed E-state index contributed by atoms with van der Waals surface area (Å²) in [5.74, 6) is 0.294. The highest BCUT2D eigenvalue weighted by atomic mass is 16.6. The maximum absolute atomic E-state index is 10.8. The predicted molar refractivity (Wildman–Crippen MR) is 62.4 cm³/mol. The lowest BCUT2D eigenvalue weighted by Crippen LogP contribution is -2.28. The molecular weight excluding hydrogens is 208 g/mol. The molecule has 0 saturated carbocycles. The number of nitro groups is 1. The SMILES string of the molecule is CCC(CN)Nc1nc(C)ccc1[N+](=O)[O-]. The van der Waals surface area contributed by atoms with E-state index in [0.29, 0.717) is 12.4 Å². The summed E-state index contributed by atoms with van der Waals surface area (Å²) < 4.78 is 0. The zero-order chi connectivity index (χ0) is 12.1. The van der Waals surface area contributed by atoms with Gasteiger partial charge in [-0.2, -0.15) is 0 Å². The molecule has 0 spiro atoms. The molecule has 0 aliphatic rings. The molecule has 6 nitrogen and oxygen atoms in total. The van der Waals surface area contributed by atoms with Crippen molar-refractivity contribution in [2.75, 3.05) is 11.9 Å². The minimum absolute atomic E-state index is 0.00741. The fourth-order valence-electron chi connectivity index (χ4n) is 1.32. The Bertz CT molecular complexity index is 377. The van der Waals surface area contributed by atoms with Crippen molar-refractivity contribution >= 4 is 11.5 Å². The molecule has 0 aliphatic heterocycles. The summed E-state index contributed by atoms with van der Waals surface area (Å²) >= 11 is 0. The summed E-state index contributed by atoms with van der Waals surface area (Å²) in [6.45, 7) is 4.17. The summed E-state index contributed by atoms with van der Waals surface area (Å²) in [6, 6.07) is 3.08. The van der Waals surface area contributed by atoms with Crippen LogP contribution < -0.4 is 11.1 Å². The maximum Gasteiger partial charge on any atom is 0.311 e. The van der Waals surface area contributed by atoms with E-state index in [-0.39, 0.29) is 11.7 Å². The fourth-order valence-corrected chi connectivity index (χ4v) is 1.32. The van der Waals surface area contributed by atoms with Crippen LogP contribution in [0.25, 0.3) is 0 Å². The van der Waals surface area contributed by atoms with Gasteiger partial charge in [-0.05, 0) is 19.4 Å². The molecule has 1 atom stereocenters. The maximum atomic E-state index is 10.8. The van der Waals surface area contributed by atoms with Crippen molar-refractivity contribution in [2.45, 2.75) is 26.3 Å². The van der Waals surface area contributed by atoms with Gasteiger partial charge in [-0.3, -0.25) is 10.1 Å². The number of nitrogens with one attached hydrogen (secondary N) is 1. The summed E-state index contributed by atoms with van der Waals surface area (Å²) in [5, 5.41) is 13.8. The Labute approximate surface area is 94.0 Å². The number of hydrogen-bond acceptors (Lipinski definition) is 5. The van der Waals surface area contributed by atoms with Crippen molar-refractivity contribution < 1.29 is 4.92 Å². The van der Waals surface area contributed by atoms with E-state index in [9.17, 15) is 10.1 Å². The highest BCUT2D eigenvalue weighted by Crippen LogP contribution is 2.22. The normalized spacial score (nSPS) is 12.2. The van der Waals surface area contributed by atoms with Gasteiger partial charge < -0.3 is 11.1 Å². The lowest BCUT2D eigenvalue weighted by molar-refractivity contribution is -0.384. The van der Waals surface area contributed by atoms with Gasteiger partial charge in [0.25, 0.3) is 0 Å². The first-order chi connectivity index (χ1) is 7.58. The van der Waals surface area contributed by atoms with Crippen LogP contribution in [-0.4, -0.2) is 22.5 Å². The molecule has 88 valence electrons. The van der Waals surface area contributed by atoms with E-state index in [1.165, 1.54) is 6.07 Å². The van der Waals surface area contributed by atoms with E-state index in [1.807, 2.05) is 6.92 Å². The molecular formula is C10H16N4O2. The van der Waals surface area contributed by atoms with Gasteiger partial charge in [-0.25, -0.2) is 4.98 Å². The van der Waals surface area contributed by atoms with Gasteiger partial charge in [0.05, 0.1) is 4.92 Å². The van der Waals surface area contributed by atoms with Gasteiger partial charge in [0.1, 0.15) is 0 Å². The van der Waals surface area contributed by atoms with Crippen molar-refractivity contribution in [1.29, 1.82) is 0 Å². The molecule has 1 aromatic rings. The van der Waals surface area contributed by atoms with Crippen molar-refractivity contribution in [3.8, 4) is 0 Å². The smallest absolute Gasteiger partial charge is 0.311 e. The van der Waals surface area contributed by atoms with Crippen LogP contribution in [0.1, 0.15) is 19.0 Å². The van der Waals surface area contributed by atoms with Crippen molar-refractivity contribution in [1.82, 2.24) is 4.98 Å². The molecule has 1 heterocycles. The van der Waals surface area contributed by atoms with Gasteiger partial charge in [0.15, 0.2) is 0 Å². The monoisotopic (exact) mass is 224 g/mol. The number of nitrogens with two attached hydrogens (primary N) is 1. The number of aryl methyl sites for hydroxylation is 1. The second-order valence-electron chi connectivity index (χ2n) is 3.56. The Kier molecular flexibility index (Phi) is 4.19. The number of pyridine rings is 1. The molecule has 0 fully saturated rings. The van der Waals surface area contributed by atoms with Crippen molar-refractivity contribution in [3.05, 3.63) is 27.9 Å². The second-order valence-corrected chi connectivity index (χ2v) is 3.56. The van der Waals surface area contributed by atoms with E-state index >= 15 is 0 Å². The summed E-state index contributed by atoms with van der Waals surface area (Å²) in [6.07, 6.45) is 0.795. The molecule has 0 aliphatic carbocycles. The summed E-state index contributed by atoms with van der Waals surface area (Å²) in [5.41, 5.74) is 6.26. The third-order valence-corrected chi connectivity index (χ3v) is 2.33. The van der Waals surface area contributed by atoms with Gasteiger partial charge in [-0.15, -0.1) is 0 Å². The van der Waals surface area contributed by atoms with Crippen molar-refractivity contribution in [2.24, 2.45) is 5.73 Å². The van der Waals surface area contributed by atoms with E-state index in [0.717, 1.165) is 12.1 Å². The molecule has 0 amide bonds. The van der Waals surface area contributed by atoms with E-state index in [1.54, 1.807) is 13.0 Å². The highest BCUT2D eigenvalue weighted by molar-refractivity contribution is 5.56. The Morgan fingerprint density at radius 2 is 2.31 bits per heavy atom. The van der Waals surface area contributed by atoms with Crippen LogP contribution in [0.15, 0.2) is 12.1 Å². The van der Waals surface area contributed by atoms with Gasteiger partial charge in [0.2, 0.25) is 5.82 Å². The van der Waals surface area contributed by atoms with Crippen LogP contribution in [0.2, 0.25) is 0 Å². The molecule has 3 N–H and O–H groups in total. The van der Waals surface area contributed by atoms with Gasteiger partial charge >= 0.3 is 5.69 Å². The van der Waals surface area contributed by atoms with Crippen molar-refractivity contribution in [3.63, 3.8) is 0 Å². The molecule has 0 aromatic carbocycles. The number of anilines is 1. The average Bonchev–Trinajstić information content (AvgIpc) is 2.25. The molecule has 0 saturated heterocycles. The third kappa shape index (κ3) is 2.90. The molecule has 1 aromatic heterocycles. The minimum atomic E-state index is -0.446. The predicted octanol–water partition coefficient (Wildman–Crippen LogP) is 1.45. The second kappa shape index (κ2) is 5.41. The standard InChI is InChI=1S/C10H16N4O2/c1-3-8(6-11)13-10-9(14(15)16)5-4-7(2)12-10/h4-5,8H,3,6,11H2,1-2H3,(H,12,13). The molecule has 1 rings (SSSR count). The first kappa shape index (κ1) is 12.4. The lowest BCUT2D eigenvalue weighted by atomic mass is 10.2. The number of hydrogen-bond donors (Lipinski definition) is 2. The van der Waals surface area contributed by atoms with Crippen LogP contribution in [-0.2, 0) is 0 Å². The Hall–Kier alpha value is -1.69. The summed E-state index contributed by atoms with van der Waals surface area (Å²) in [4.78, 5) is 14.5. The van der Waals surface area contributed by atoms with Crippen LogP contribution in [0.5, 0.6) is 0 Å². The fraction of sp³-hybridized carbons (Fsp3) is 0.500. The average molecular weight is 224 g/mol. The van der Waals surface area contributed by atoms with Crippen LogP contribution in [0.3, 0.4) is 0 Å². The van der Waals surface area contributed by atoms with Gasteiger partial charge in [0, 0.05) is 24.3 Å². The van der Waals surface area contributed by atoms with Crippen LogP contribution in [0, 0.1) is 17.0 Å². The minimum Gasteiger partial charge on any atom is -0.360 e. The number of aromatic nitrogens is 1. The summed E-state index contributed by atoms with van der Waals surface area (Å²) in [7, 11) is 0. The molecule has 16 heavy (non-hydrogen) atoms. The largest absolute Gasteiger partial charge is 0.360 e. The molecule has 6 heteroatoms.